The summed E-state index contributed by atoms with van der Waals surface area (Å²) in [7, 11) is 0. The summed E-state index contributed by atoms with van der Waals surface area (Å²) in [4.78, 5) is 26.8. The minimum absolute atomic E-state index is 0.0951. The van der Waals surface area contributed by atoms with Crippen LogP contribution in [0.5, 0.6) is 0 Å². The number of Topliss-reactive ketones (excluding diaryl/α,β-unsaturated/α-hetero) is 1. The largest absolute Gasteiger partial charge is 0.377 e. The van der Waals surface area contributed by atoms with Crippen LogP contribution in [-0.4, -0.2) is 57.2 Å². The maximum atomic E-state index is 12.3. The van der Waals surface area contributed by atoms with E-state index in [0.29, 0.717) is 37.7 Å². The molecule has 0 radical (unpaired) electrons. The van der Waals surface area contributed by atoms with E-state index in [1.807, 2.05) is 45.0 Å². The summed E-state index contributed by atoms with van der Waals surface area (Å²) in [6, 6.07) is 7.69. The minimum atomic E-state index is -0.0951. The summed E-state index contributed by atoms with van der Waals surface area (Å²) in [5.74, 6) is 0.592. The fourth-order valence-electron chi connectivity index (χ4n) is 3.58. The van der Waals surface area contributed by atoms with Gasteiger partial charge in [-0.25, -0.2) is 0 Å². The first-order chi connectivity index (χ1) is 14.4. The van der Waals surface area contributed by atoms with Crippen LogP contribution in [0, 0.1) is 11.8 Å². The average Bonchev–Trinajstić information content (AvgIpc) is 2.77. The molecule has 0 spiro atoms. The molecule has 0 aliphatic carbocycles. The third-order valence-electron chi connectivity index (χ3n) is 5.70. The lowest BCUT2D eigenvalue weighted by molar-refractivity contribution is -0.126. The lowest BCUT2D eigenvalue weighted by Gasteiger charge is -2.33. The normalized spacial score (nSPS) is 16.0. The van der Waals surface area contributed by atoms with Gasteiger partial charge in [0.2, 0.25) is 0 Å². The zero-order valence-electron chi connectivity index (χ0n) is 19.0. The Hall–Kier alpha value is -1.92. The summed E-state index contributed by atoms with van der Waals surface area (Å²) in [5, 5.41) is 2.88. The maximum absolute atomic E-state index is 12.3. The predicted octanol–water partition coefficient (Wildman–Crippen LogP) is 3.69. The van der Waals surface area contributed by atoms with E-state index in [9.17, 15) is 9.59 Å². The number of ether oxygens (including phenoxy) is 2. The average molecular weight is 419 g/mol. The highest BCUT2D eigenvalue weighted by Gasteiger charge is 2.26. The number of nitrogens with one attached hydrogen (secondary N) is 1. The van der Waals surface area contributed by atoms with Gasteiger partial charge in [-0.05, 0) is 50.5 Å². The molecule has 0 aromatic heterocycles. The van der Waals surface area contributed by atoms with Gasteiger partial charge in [-0.15, -0.1) is 0 Å². The molecule has 6 heteroatoms. The number of nitrogens with zero attached hydrogens (tertiary/aromatic N) is 1. The Kier molecular flexibility index (Phi) is 10.3. The number of ketones is 1. The number of rotatable bonds is 12. The molecule has 1 aliphatic rings. The van der Waals surface area contributed by atoms with E-state index in [1.165, 1.54) is 0 Å². The molecule has 1 atom stereocenters. The van der Waals surface area contributed by atoms with E-state index in [1.54, 1.807) is 0 Å². The van der Waals surface area contributed by atoms with Gasteiger partial charge in [-0.1, -0.05) is 20.8 Å². The monoisotopic (exact) mass is 418 g/mol. The van der Waals surface area contributed by atoms with E-state index in [2.05, 4.69) is 17.1 Å². The van der Waals surface area contributed by atoms with E-state index in [4.69, 9.17) is 9.47 Å². The molecule has 30 heavy (non-hydrogen) atoms. The zero-order chi connectivity index (χ0) is 21.9. The van der Waals surface area contributed by atoms with Crippen LogP contribution in [0.3, 0.4) is 0 Å². The zero-order valence-corrected chi connectivity index (χ0v) is 19.0. The van der Waals surface area contributed by atoms with Crippen molar-refractivity contribution >= 4 is 17.4 Å². The molecule has 1 N–H and O–H groups in total. The van der Waals surface area contributed by atoms with Gasteiger partial charge >= 0.3 is 0 Å². The number of piperidine rings is 1. The van der Waals surface area contributed by atoms with E-state index in [0.717, 1.165) is 38.0 Å². The van der Waals surface area contributed by atoms with Crippen LogP contribution in [0.25, 0.3) is 0 Å². The van der Waals surface area contributed by atoms with Gasteiger partial charge in [0.25, 0.3) is 5.91 Å². The number of carbonyl (C=O) groups is 2. The third kappa shape index (κ3) is 7.73. The molecule has 1 heterocycles. The lowest BCUT2D eigenvalue weighted by atomic mass is 9.87. The molecule has 1 aromatic carbocycles. The van der Waals surface area contributed by atoms with E-state index < -0.39 is 0 Å². The molecular formula is C24H38N2O4. The van der Waals surface area contributed by atoms with Crippen molar-refractivity contribution in [1.29, 1.82) is 0 Å². The molecule has 2 rings (SSSR count). The quantitative estimate of drug-likeness (QED) is 0.525. The molecule has 1 amide bonds. The second-order valence-electron chi connectivity index (χ2n) is 8.32. The highest BCUT2D eigenvalue weighted by Crippen LogP contribution is 2.25. The Morgan fingerprint density at radius 3 is 2.33 bits per heavy atom. The minimum Gasteiger partial charge on any atom is -0.377 e. The summed E-state index contributed by atoms with van der Waals surface area (Å²) in [5.41, 5.74) is 1.75. The number of hydrogen-bond acceptors (Lipinski definition) is 5. The van der Waals surface area contributed by atoms with Crippen molar-refractivity contribution in [3.63, 3.8) is 0 Å². The van der Waals surface area contributed by atoms with Gasteiger partial charge in [0, 0.05) is 42.7 Å². The Labute approximate surface area is 181 Å². The first-order valence-electron chi connectivity index (χ1n) is 11.3. The molecule has 6 nitrogen and oxygen atoms in total. The summed E-state index contributed by atoms with van der Waals surface area (Å²) in [6.45, 7) is 11.9. The van der Waals surface area contributed by atoms with Crippen molar-refractivity contribution in [2.24, 2.45) is 11.8 Å². The van der Waals surface area contributed by atoms with Crippen LogP contribution in [0.1, 0.15) is 57.3 Å². The van der Waals surface area contributed by atoms with Gasteiger partial charge in [0.1, 0.15) is 5.78 Å². The van der Waals surface area contributed by atoms with Crippen molar-refractivity contribution in [2.75, 3.05) is 44.4 Å². The predicted molar refractivity (Wildman–Crippen MR) is 120 cm³/mol. The number of amides is 1. The molecule has 1 aliphatic heterocycles. The van der Waals surface area contributed by atoms with Gasteiger partial charge in [-0.2, -0.15) is 0 Å². The van der Waals surface area contributed by atoms with Gasteiger partial charge < -0.3 is 19.7 Å². The Bertz CT molecular complexity index is 652. The molecule has 1 fully saturated rings. The second-order valence-corrected chi connectivity index (χ2v) is 8.32. The SMILES string of the molecule is CCC(C)OCCOCCNC(=O)c1ccc(N2CCC(C(=O)C(C)C)CC2)cc1. The molecular weight excluding hydrogens is 380 g/mol. The van der Waals surface area contributed by atoms with Crippen molar-refractivity contribution in [1.82, 2.24) is 5.32 Å². The van der Waals surface area contributed by atoms with Gasteiger partial charge in [-0.3, -0.25) is 9.59 Å². The maximum Gasteiger partial charge on any atom is 0.251 e. The highest BCUT2D eigenvalue weighted by atomic mass is 16.5. The fraction of sp³-hybridized carbons (Fsp3) is 0.667. The lowest BCUT2D eigenvalue weighted by Crippen LogP contribution is -2.37. The first kappa shape index (κ1) is 24.4. The number of hydrogen-bond donors (Lipinski definition) is 1. The van der Waals surface area contributed by atoms with Crippen molar-refractivity contribution < 1.29 is 19.1 Å². The molecule has 1 aromatic rings. The van der Waals surface area contributed by atoms with Crippen LogP contribution >= 0.6 is 0 Å². The second kappa shape index (κ2) is 12.7. The van der Waals surface area contributed by atoms with Crippen LogP contribution in [0.4, 0.5) is 5.69 Å². The Balaban J connectivity index is 1.68. The van der Waals surface area contributed by atoms with Crippen LogP contribution < -0.4 is 10.2 Å². The topological polar surface area (TPSA) is 67.9 Å². The molecule has 1 unspecified atom stereocenters. The molecule has 0 saturated carbocycles. The smallest absolute Gasteiger partial charge is 0.251 e. The number of carbonyl (C=O) groups excluding carboxylic acids is 2. The van der Waals surface area contributed by atoms with Crippen LogP contribution in [0.2, 0.25) is 0 Å². The highest BCUT2D eigenvalue weighted by molar-refractivity contribution is 5.94. The van der Waals surface area contributed by atoms with Gasteiger partial charge in [0.05, 0.1) is 25.9 Å². The van der Waals surface area contributed by atoms with Crippen LogP contribution in [0.15, 0.2) is 24.3 Å². The summed E-state index contributed by atoms with van der Waals surface area (Å²) >= 11 is 0. The Morgan fingerprint density at radius 1 is 1.07 bits per heavy atom. The standard InChI is InChI=1S/C24H38N2O4/c1-5-19(4)30-17-16-29-15-12-25-24(28)21-6-8-22(9-7-21)26-13-10-20(11-14-26)23(27)18(2)3/h6-9,18-20H,5,10-17H2,1-4H3,(H,25,28). The van der Waals surface area contributed by atoms with E-state index >= 15 is 0 Å². The Morgan fingerprint density at radius 2 is 1.73 bits per heavy atom. The van der Waals surface area contributed by atoms with Crippen molar-refractivity contribution in [3.05, 3.63) is 29.8 Å². The first-order valence-corrected chi connectivity index (χ1v) is 11.3. The van der Waals surface area contributed by atoms with Crippen LogP contribution in [-0.2, 0) is 14.3 Å². The molecule has 168 valence electrons. The van der Waals surface area contributed by atoms with Crippen molar-refractivity contribution in [3.8, 4) is 0 Å². The summed E-state index contributed by atoms with van der Waals surface area (Å²) < 4.78 is 11.0. The summed E-state index contributed by atoms with van der Waals surface area (Å²) in [6.07, 6.45) is 3.05. The van der Waals surface area contributed by atoms with E-state index in [-0.39, 0.29) is 23.8 Å². The van der Waals surface area contributed by atoms with Gasteiger partial charge in [0.15, 0.2) is 0 Å². The third-order valence-corrected chi connectivity index (χ3v) is 5.70. The van der Waals surface area contributed by atoms with Crippen molar-refractivity contribution in [2.45, 2.75) is 53.1 Å². The number of benzene rings is 1. The number of anilines is 1. The molecule has 0 bridgehead atoms. The molecule has 1 saturated heterocycles. The fourth-order valence-corrected chi connectivity index (χ4v) is 3.58.